The Bertz CT molecular complexity index is 973. The Morgan fingerprint density at radius 2 is 1.86 bits per heavy atom. The third kappa shape index (κ3) is 2.31. The lowest BCUT2D eigenvalue weighted by atomic mass is 10.1. The lowest BCUT2D eigenvalue weighted by Crippen LogP contribution is -1.95. The van der Waals surface area contributed by atoms with Gasteiger partial charge in [-0.3, -0.25) is 0 Å². The fourth-order valence-corrected chi connectivity index (χ4v) is 3.02. The summed E-state index contributed by atoms with van der Waals surface area (Å²) in [5.41, 5.74) is 6.08. The molecule has 4 rings (SSSR count). The Hall–Kier alpha value is -2.15. The van der Waals surface area contributed by atoms with Crippen molar-refractivity contribution in [1.82, 2.24) is 15.0 Å². The van der Waals surface area contributed by atoms with Crippen LogP contribution in [-0.4, -0.2) is 15.0 Å². The van der Waals surface area contributed by atoms with Crippen LogP contribution in [0.25, 0.3) is 21.9 Å². The average Bonchev–Trinajstić information content (AvgIpc) is 2.97. The normalized spacial score (nSPS) is 11.2. The molecule has 0 saturated carbocycles. The number of aryl methyl sites for hydroxylation is 1. The van der Waals surface area contributed by atoms with Crippen LogP contribution >= 0.6 is 22.6 Å². The van der Waals surface area contributed by atoms with E-state index in [2.05, 4.69) is 86.2 Å². The second-order valence-electron chi connectivity index (χ2n) is 5.23. The number of H-pyrrole nitrogens is 1. The summed E-state index contributed by atoms with van der Waals surface area (Å²) in [6.07, 6.45) is 1.61. The van der Waals surface area contributed by atoms with E-state index < -0.39 is 0 Å². The van der Waals surface area contributed by atoms with E-state index in [4.69, 9.17) is 0 Å². The molecule has 0 amide bonds. The maximum absolute atomic E-state index is 4.42. The molecule has 0 saturated heterocycles. The van der Waals surface area contributed by atoms with E-state index in [-0.39, 0.29) is 0 Å². The number of halogens is 1. The smallest absolute Gasteiger partial charge is 0.116 e. The molecule has 2 aromatic heterocycles. The number of anilines is 2. The van der Waals surface area contributed by atoms with E-state index in [1.165, 1.54) is 3.57 Å². The van der Waals surface area contributed by atoms with Crippen LogP contribution in [0.3, 0.4) is 0 Å². The average molecular weight is 400 g/mol. The largest absolute Gasteiger partial charge is 0.358 e. The van der Waals surface area contributed by atoms with Crippen LogP contribution in [0.4, 0.5) is 11.4 Å². The van der Waals surface area contributed by atoms with Gasteiger partial charge in [-0.25, -0.2) is 9.97 Å². The second kappa shape index (κ2) is 5.24. The number of benzene rings is 2. The zero-order valence-electron chi connectivity index (χ0n) is 11.9. The van der Waals surface area contributed by atoms with Crippen LogP contribution in [0.2, 0.25) is 0 Å². The van der Waals surface area contributed by atoms with Crippen molar-refractivity contribution in [2.45, 2.75) is 6.92 Å². The van der Waals surface area contributed by atoms with Gasteiger partial charge in [-0.1, -0.05) is 0 Å². The SMILES string of the molecule is Cc1cc(Nc2ccc(I)cc2)c2c(ccc3ncnc32)[nH]1. The quantitative estimate of drug-likeness (QED) is 0.477. The first-order valence-electron chi connectivity index (χ1n) is 6.96. The molecule has 0 unspecified atom stereocenters. The summed E-state index contributed by atoms with van der Waals surface area (Å²) in [7, 11) is 0. The van der Waals surface area contributed by atoms with Gasteiger partial charge in [0.15, 0.2) is 0 Å². The standard InChI is InChI=1S/C17H13IN4/c1-10-8-15(22-12-4-2-11(18)3-5-12)16-13(21-10)6-7-14-17(16)20-9-19-14/h2-9,21-22H,1H3. The van der Waals surface area contributed by atoms with Crippen molar-refractivity contribution in [3.05, 3.63) is 58.1 Å². The first-order valence-corrected chi connectivity index (χ1v) is 8.04. The van der Waals surface area contributed by atoms with Crippen molar-refractivity contribution in [3.8, 4) is 0 Å². The minimum absolute atomic E-state index is 0.912. The molecule has 0 atom stereocenters. The number of rotatable bonds is 2. The molecule has 0 spiro atoms. The van der Waals surface area contributed by atoms with Gasteiger partial charge in [0.25, 0.3) is 0 Å². The molecule has 5 heteroatoms. The van der Waals surface area contributed by atoms with Gasteiger partial charge in [0.2, 0.25) is 0 Å². The number of hydrogen-bond acceptors (Lipinski definition) is 3. The number of nitrogens with zero attached hydrogens (tertiary/aromatic N) is 2. The van der Waals surface area contributed by atoms with Gasteiger partial charge in [0.05, 0.1) is 11.2 Å². The number of hydrogen-bond donors (Lipinski definition) is 2. The van der Waals surface area contributed by atoms with E-state index in [9.17, 15) is 0 Å². The molecule has 0 radical (unpaired) electrons. The molecule has 0 fully saturated rings. The van der Waals surface area contributed by atoms with Crippen molar-refractivity contribution in [1.29, 1.82) is 0 Å². The molecule has 0 bridgehead atoms. The Morgan fingerprint density at radius 3 is 2.68 bits per heavy atom. The molecule has 2 heterocycles. The van der Waals surface area contributed by atoms with Crippen molar-refractivity contribution >= 4 is 55.9 Å². The first-order chi connectivity index (χ1) is 10.7. The Morgan fingerprint density at radius 1 is 1.05 bits per heavy atom. The number of fused-ring (bicyclic) bond motifs is 3. The zero-order valence-corrected chi connectivity index (χ0v) is 14.0. The number of imidazole rings is 1. The van der Waals surface area contributed by atoms with Crippen LogP contribution in [-0.2, 0) is 0 Å². The summed E-state index contributed by atoms with van der Waals surface area (Å²) >= 11 is 2.31. The fourth-order valence-electron chi connectivity index (χ4n) is 2.67. The van der Waals surface area contributed by atoms with E-state index >= 15 is 0 Å². The summed E-state index contributed by atoms with van der Waals surface area (Å²) in [4.78, 5) is 12.1. The minimum atomic E-state index is 0.912. The van der Waals surface area contributed by atoms with E-state index in [0.717, 1.165) is 39.0 Å². The monoisotopic (exact) mass is 400 g/mol. The third-order valence-electron chi connectivity index (χ3n) is 3.63. The first kappa shape index (κ1) is 13.5. The lowest BCUT2D eigenvalue weighted by Gasteiger charge is -2.12. The van der Waals surface area contributed by atoms with Gasteiger partial charge < -0.3 is 10.3 Å². The molecular formula is C17H13IN4. The highest BCUT2D eigenvalue weighted by molar-refractivity contribution is 14.1. The highest BCUT2D eigenvalue weighted by Crippen LogP contribution is 2.31. The zero-order chi connectivity index (χ0) is 15.1. The molecule has 2 N–H and O–H groups in total. The number of pyridine rings is 1. The van der Waals surface area contributed by atoms with Gasteiger partial charge >= 0.3 is 0 Å². The molecule has 0 aliphatic carbocycles. The highest BCUT2D eigenvalue weighted by Gasteiger charge is 2.10. The summed E-state index contributed by atoms with van der Waals surface area (Å²) < 4.78 is 1.22. The van der Waals surface area contributed by atoms with Crippen molar-refractivity contribution in [2.24, 2.45) is 0 Å². The van der Waals surface area contributed by atoms with Gasteiger partial charge in [-0.15, -0.1) is 0 Å². The number of nitrogens with one attached hydrogen (secondary N) is 2. The van der Waals surface area contributed by atoms with Crippen molar-refractivity contribution < 1.29 is 0 Å². The Labute approximate surface area is 141 Å². The van der Waals surface area contributed by atoms with Crippen LogP contribution in [0.5, 0.6) is 0 Å². The van der Waals surface area contributed by atoms with Gasteiger partial charge in [0.1, 0.15) is 11.8 Å². The topological polar surface area (TPSA) is 53.6 Å². The summed E-state index contributed by atoms with van der Waals surface area (Å²) in [5, 5.41) is 4.57. The number of aromatic nitrogens is 3. The number of aromatic amines is 1. The molecule has 108 valence electrons. The van der Waals surface area contributed by atoms with E-state index in [1.807, 2.05) is 6.07 Å². The Balaban J connectivity index is 1.94. The molecule has 2 aromatic carbocycles. The molecule has 4 aromatic rings. The van der Waals surface area contributed by atoms with Crippen LogP contribution in [0, 0.1) is 10.5 Å². The van der Waals surface area contributed by atoms with Crippen LogP contribution < -0.4 is 5.32 Å². The molecule has 4 nitrogen and oxygen atoms in total. The summed E-state index contributed by atoms with van der Waals surface area (Å²) in [6.45, 7) is 2.05. The Kier molecular flexibility index (Phi) is 3.22. The van der Waals surface area contributed by atoms with E-state index in [0.29, 0.717) is 0 Å². The molecule has 22 heavy (non-hydrogen) atoms. The van der Waals surface area contributed by atoms with E-state index in [1.54, 1.807) is 6.33 Å². The highest BCUT2D eigenvalue weighted by atomic mass is 127. The molecule has 0 aliphatic rings. The molecule has 0 aliphatic heterocycles. The van der Waals surface area contributed by atoms with Crippen LogP contribution in [0.1, 0.15) is 5.69 Å². The maximum Gasteiger partial charge on any atom is 0.116 e. The van der Waals surface area contributed by atoms with Crippen LogP contribution in [0.15, 0.2) is 48.8 Å². The van der Waals surface area contributed by atoms with Gasteiger partial charge in [-0.05, 0) is 72.0 Å². The minimum Gasteiger partial charge on any atom is -0.358 e. The third-order valence-corrected chi connectivity index (χ3v) is 4.34. The predicted octanol–water partition coefficient (Wildman–Crippen LogP) is 4.77. The van der Waals surface area contributed by atoms with Crippen molar-refractivity contribution in [2.75, 3.05) is 5.32 Å². The maximum atomic E-state index is 4.42. The van der Waals surface area contributed by atoms with Crippen molar-refractivity contribution in [3.63, 3.8) is 0 Å². The predicted molar refractivity (Wildman–Crippen MR) is 98.6 cm³/mol. The summed E-state index contributed by atoms with van der Waals surface area (Å²) in [5.74, 6) is 0. The second-order valence-corrected chi connectivity index (χ2v) is 6.47. The van der Waals surface area contributed by atoms with Gasteiger partial charge in [0, 0.05) is 25.9 Å². The molecular weight excluding hydrogens is 387 g/mol. The fraction of sp³-hybridized carbons (Fsp3) is 0.0588. The summed E-state index contributed by atoms with van der Waals surface area (Å²) in [6, 6.07) is 14.5. The van der Waals surface area contributed by atoms with Gasteiger partial charge in [-0.2, -0.15) is 0 Å². The lowest BCUT2D eigenvalue weighted by molar-refractivity contribution is 1.26.